The van der Waals surface area contributed by atoms with Crippen LogP contribution in [0.5, 0.6) is 0 Å². The Bertz CT molecular complexity index is 59.9. The van der Waals surface area contributed by atoms with Crippen molar-refractivity contribution in [3.8, 4) is 0 Å². The first-order valence-electron chi connectivity index (χ1n) is 3.73. The van der Waals surface area contributed by atoms with Crippen molar-refractivity contribution in [2.45, 2.75) is 39.7 Å². The van der Waals surface area contributed by atoms with Gasteiger partial charge < -0.3 is 4.43 Å². The van der Waals surface area contributed by atoms with Gasteiger partial charge in [-0.25, -0.2) is 0 Å². The molecule has 1 nitrogen and oxygen atoms in total. The van der Waals surface area contributed by atoms with Crippen molar-refractivity contribution in [3.63, 3.8) is 0 Å². The third-order valence-electron chi connectivity index (χ3n) is 1.52. The van der Waals surface area contributed by atoms with Gasteiger partial charge >= 0.3 is 0 Å². The molecule has 0 aromatic heterocycles. The van der Waals surface area contributed by atoms with E-state index < -0.39 is 0 Å². The molecule has 0 aliphatic heterocycles. The van der Waals surface area contributed by atoms with Gasteiger partial charge in [-0.05, 0) is 18.8 Å². The van der Waals surface area contributed by atoms with E-state index in [9.17, 15) is 0 Å². The summed E-state index contributed by atoms with van der Waals surface area (Å²) in [6.45, 7) is 6.66. The highest BCUT2D eigenvalue weighted by Gasteiger charge is 2.04. The van der Waals surface area contributed by atoms with Gasteiger partial charge in [-0.1, -0.05) is 20.8 Å². The smallest absolute Gasteiger partial charge is 0.146 e. The van der Waals surface area contributed by atoms with Crippen LogP contribution in [0.1, 0.15) is 33.6 Å². The highest BCUT2D eigenvalue weighted by atomic mass is 28.2. The fourth-order valence-electron chi connectivity index (χ4n) is 0.955. The second kappa shape index (κ2) is 5.00. The zero-order chi connectivity index (χ0) is 7.28. The minimum absolute atomic E-state index is 0.539. The van der Waals surface area contributed by atoms with E-state index in [-0.39, 0.29) is 0 Å². The van der Waals surface area contributed by atoms with Crippen molar-refractivity contribution >= 4 is 10.5 Å². The van der Waals surface area contributed by atoms with Crippen molar-refractivity contribution in [2.24, 2.45) is 5.92 Å². The molecule has 0 rings (SSSR count). The molecule has 0 aliphatic carbocycles. The maximum Gasteiger partial charge on any atom is 0.146 e. The van der Waals surface area contributed by atoms with Gasteiger partial charge in [0.15, 0.2) is 0 Å². The van der Waals surface area contributed by atoms with E-state index in [1.54, 1.807) is 0 Å². The van der Waals surface area contributed by atoms with Crippen molar-refractivity contribution in [3.05, 3.63) is 0 Å². The molecule has 0 saturated heterocycles. The summed E-state index contributed by atoms with van der Waals surface area (Å²) in [6, 6.07) is 0. The van der Waals surface area contributed by atoms with Crippen molar-refractivity contribution in [1.29, 1.82) is 0 Å². The topological polar surface area (TPSA) is 9.23 Å². The molecule has 0 N–H and O–H groups in total. The molecule has 56 valence electrons. The van der Waals surface area contributed by atoms with E-state index in [2.05, 4.69) is 20.8 Å². The SMILES string of the molecule is CCC(CC(C)C)O[SiH3]. The van der Waals surface area contributed by atoms with Crippen LogP contribution in [0.3, 0.4) is 0 Å². The standard InChI is InChI=1S/C7H18OSi/c1-4-7(8-9)5-6(2)3/h6-7H,4-5H2,1-3,9H3. The van der Waals surface area contributed by atoms with Crippen LogP contribution in [0.25, 0.3) is 0 Å². The number of rotatable bonds is 4. The molecule has 9 heavy (non-hydrogen) atoms. The molecule has 2 heteroatoms. The zero-order valence-corrected chi connectivity index (χ0v) is 8.98. The van der Waals surface area contributed by atoms with Crippen LogP contribution in [-0.2, 0) is 4.43 Å². The molecule has 0 bridgehead atoms. The lowest BCUT2D eigenvalue weighted by Gasteiger charge is -2.15. The Morgan fingerprint density at radius 1 is 1.44 bits per heavy atom. The second-order valence-electron chi connectivity index (χ2n) is 2.90. The normalized spacial score (nSPS) is 14.7. The molecule has 0 saturated carbocycles. The first-order chi connectivity index (χ1) is 4.20. The van der Waals surface area contributed by atoms with Gasteiger partial charge in [0, 0.05) is 6.10 Å². The average molecular weight is 146 g/mol. The van der Waals surface area contributed by atoms with Gasteiger partial charge in [0.1, 0.15) is 10.5 Å². The van der Waals surface area contributed by atoms with Gasteiger partial charge in [-0.2, -0.15) is 0 Å². The molecule has 0 spiro atoms. The van der Waals surface area contributed by atoms with Gasteiger partial charge in [-0.3, -0.25) is 0 Å². The van der Waals surface area contributed by atoms with E-state index in [0.717, 1.165) is 16.4 Å². The van der Waals surface area contributed by atoms with E-state index in [1.807, 2.05) is 0 Å². The Kier molecular flexibility index (Phi) is 5.10. The van der Waals surface area contributed by atoms with E-state index in [0.29, 0.717) is 6.10 Å². The average Bonchev–Trinajstić information content (AvgIpc) is 1.82. The van der Waals surface area contributed by atoms with Crippen LogP contribution in [0.2, 0.25) is 0 Å². The van der Waals surface area contributed by atoms with E-state index in [4.69, 9.17) is 4.43 Å². The fraction of sp³-hybridized carbons (Fsp3) is 1.00. The van der Waals surface area contributed by atoms with Crippen LogP contribution in [0.15, 0.2) is 0 Å². The predicted molar refractivity (Wildman–Crippen MR) is 44.6 cm³/mol. The van der Waals surface area contributed by atoms with Crippen LogP contribution in [0, 0.1) is 5.92 Å². The van der Waals surface area contributed by atoms with Crippen LogP contribution in [0.4, 0.5) is 0 Å². The minimum atomic E-state index is 0.539. The lowest BCUT2D eigenvalue weighted by molar-refractivity contribution is 0.186. The quantitative estimate of drug-likeness (QED) is 0.540. The van der Waals surface area contributed by atoms with Gasteiger partial charge in [0.05, 0.1) is 0 Å². The molecule has 1 unspecified atom stereocenters. The number of hydrogen-bond acceptors (Lipinski definition) is 1. The van der Waals surface area contributed by atoms with Gasteiger partial charge in [0.25, 0.3) is 0 Å². The largest absolute Gasteiger partial charge is 0.425 e. The molecule has 0 heterocycles. The molecule has 0 aliphatic rings. The maximum absolute atomic E-state index is 5.35. The summed E-state index contributed by atoms with van der Waals surface area (Å²) >= 11 is 0. The Morgan fingerprint density at radius 3 is 2.11 bits per heavy atom. The molecule has 0 aromatic carbocycles. The maximum atomic E-state index is 5.35. The molecule has 0 amide bonds. The number of hydrogen-bond donors (Lipinski definition) is 0. The molecule has 0 aromatic rings. The van der Waals surface area contributed by atoms with E-state index >= 15 is 0 Å². The second-order valence-corrected chi connectivity index (χ2v) is 3.37. The summed E-state index contributed by atoms with van der Waals surface area (Å²) < 4.78 is 5.35. The monoisotopic (exact) mass is 146 g/mol. The summed E-state index contributed by atoms with van der Waals surface area (Å²) in [7, 11) is 0.887. The zero-order valence-electron chi connectivity index (χ0n) is 6.98. The Hall–Kier alpha value is 0.177. The lowest BCUT2D eigenvalue weighted by atomic mass is 10.0. The van der Waals surface area contributed by atoms with Gasteiger partial charge in [0.2, 0.25) is 0 Å². The summed E-state index contributed by atoms with van der Waals surface area (Å²) in [6.07, 6.45) is 2.93. The van der Waals surface area contributed by atoms with Crippen molar-refractivity contribution < 1.29 is 4.43 Å². The Morgan fingerprint density at radius 2 is 2.00 bits per heavy atom. The third kappa shape index (κ3) is 4.67. The van der Waals surface area contributed by atoms with Crippen LogP contribution in [-0.4, -0.2) is 16.6 Å². The Balaban J connectivity index is 3.31. The first kappa shape index (κ1) is 9.18. The summed E-state index contributed by atoms with van der Waals surface area (Å²) in [5.74, 6) is 0.781. The highest BCUT2D eigenvalue weighted by Crippen LogP contribution is 2.09. The summed E-state index contributed by atoms with van der Waals surface area (Å²) in [5, 5.41) is 0. The molecule has 0 fully saturated rings. The summed E-state index contributed by atoms with van der Waals surface area (Å²) in [4.78, 5) is 0. The van der Waals surface area contributed by atoms with Crippen molar-refractivity contribution in [2.75, 3.05) is 0 Å². The third-order valence-corrected chi connectivity index (χ3v) is 2.19. The molecular weight excluding hydrogens is 128 g/mol. The molecule has 1 atom stereocenters. The highest BCUT2D eigenvalue weighted by molar-refractivity contribution is 5.98. The molecule has 0 radical (unpaired) electrons. The summed E-state index contributed by atoms with van der Waals surface area (Å²) in [5.41, 5.74) is 0. The Labute approximate surface area is 61.3 Å². The molecular formula is C7H18OSi. The predicted octanol–water partition coefficient (Wildman–Crippen LogP) is 1.11. The first-order valence-corrected chi connectivity index (χ1v) is 4.55. The van der Waals surface area contributed by atoms with Crippen LogP contribution >= 0.6 is 0 Å². The lowest BCUT2D eigenvalue weighted by Crippen LogP contribution is -2.12. The van der Waals surface area contributed by atoms with Crippen LogP contribution < -0.4 is 0 Å². The minimum Gasteiger partial charge on any atom is -0.425 e. The van der Waals surface area contributed by atoms with Gasteiger partial charge in [-0.15, -0.1) is 0 Å². The fourth-order valence-corrected chi connectivity index (χ4v) is 1.48. The van der Waals surface area contributed by atoms with Crippen molar-refractivity contribution in [1.82, 2.24) is 0 Å². The van der Waals surface area contributed by atoms with E-state index in [1.165, 1.54) is 12.8 Å².